The third-order valence-electron chi connectivity index (χ3n) is 4.58. The monoisotopic (exact) mass is 426 g/mol. The van der Waals surface area contributed by atoms with Crippen LogP contribution in [0.3, 0.4) is 0 Å². The van der Waals surface area contributed by atoms with Gasteiger partial charge in [0, 0.05) is 32.3 Å². The number of carbonyl (C=O) groups excluding carboxylic acids is 1. The molecule has 7 heteroatoms. The molecule has 168 valence electrons. The topological polar surface area (TPSA) is 84.0 Å². The molecule has 1 amide bonds. The van der Waals surface area contributed by atoms with Crippen LogP contribution in [0.5, 0.6) is 5.75 Å². The van der Waals surface area contributed by atoms with Crippen molar-refractivity contribution in [3.63, 3.8) is 0 Å². The molecule has 0 heterocycles. The van der Waals surface area contributed by atoms with Crippen LogP contribution in [-0.4, -0.2) is 51.8 Å². The van der Waals surface area contributed by atoms with Crippen LogP contribution in [0.15, 0.2) is 53.5 Å². The smallest absolute Gasteiger partial charge is 0.239 e. The van der Waals surface area contributed by atoms with E-state index in [9.17, 15) is 4.79 Å². The molecule has 7 nitrogen and oxygen atoms in total. The van der Waals surface area contributed by atoms with Gasteiger partial charge in [0.2, 0.25) is 5.91 Å². The first-order chi connectivity index (χ1) is 15.1. The van der Waals surface area contributed by atoms with Crippen LogP contribution in [0.25, 0.3) is 0 Å². The molecule has 0 unspecified atom stereocenters. The summed E-state index contributed by atoms with van der Waals surface area (Å²) in [4.78, 5) is 16.3. The minimum Gasteiger partial charge on any atom is -0.491 e. The fraction of sp³-hybridized carbons (Fsp3) is 0.417. The summed E-state index contributed by atoms with van der Waals surface area (Å²) in [5, 5.41) is 9.19. The van der Waals surface area contributed by atoms with Crippen LogP contribution in [0.1, 0.15) is 23.6 Å². The molecule has 31 heavy (non-hydrogen) atoms. The molecule has 0 aromatic heterocycles. The van der Waals surface area contributed by atoms with Gasteiger partial charge in [0.15, 0.2) is 5.96 Å². The first-order valence-corrected chi connectivity index (χ1v) is 10.7. The van der Waals surface area contributed by atoms with Crippen molar-refractivity contribution in [2.45, 2.75) is 26.8 Å². The van der Waals surface area contributed by atoms with Crippen molar-refractivity contribution in [3.8, 4) is 5.75 Å². The highest BCUT2D eigenvalue weighted by Gasteiger charge is 2.07. The largest absolute Gasteiger partial charge is 0.491 e. The van der Waals surface area contributed by atoms with E-state index in [-0.39, 0.29) is 12.5 Å². The zero-order chi connectivity index (χ0) is 22.3. The van der Waals surface area contributed by atoms with Gasteiger partial charge in [-0.25, -0.2) is 0 Å². The van der Waals surface area contributed by atoms with Crippen LogP contribution in [0.2, 0.25) is 0 Å². The lowest BCUT2D eigenvalue weighted by Crippen LogP contribution is -2.43. The summed E-state index contributed by atoms with van der Waals surface area (Å²) in [6, 6.07) is 16.2. The van der Waals surface area contributed by atoms with E-state index in [2.05, 4.69) is 33.1 Å². The van der Waals surface area contributed by atoms with Crippen molar-refractivity contribution in [2.24, 2.45) is 4.99 Å². The Morgan fingerprint density at radius 3 is 2.58 bits per heavy atom. The lowest BCUT2D eigenvalue weighted by Gasteiger charge is -2.15. The first kappa shape index (κ1) is 24.2. The number of carbonyl (C=O) groups is 1. The Labute approximate surface area is 185 Å². The number of aliphatic imine (C=N–C) groups is 1. The number of nitrogens with zero attached hydrogens (tertiary/aromatic N) is 1. The highest BCUT2D eigenvalue weighted by Crippen LogP contribution is 2.20. The number of nitrogens with one attached hydrogen (secondary N) is 3. The zero-order valence-corrected chi connectivity index (χ0v) is 18.7. The van der Waals surface area contributed by atoms with Crippen molar-refractivity contribution < 1.29 is 14.3 Å². The van der Waals surface area contributed by atoms with Gasteiger partial charge in [-0.3, -0.25) is 9.79 Å². The molecule has 0 aliphatic heterocycles. The minimum absolute atomic E-state index is 0.0748. The molecule has 0 aliphatic rings. The molecule has 0 bridgehead atoms. The van der Waals surface area contributed by atoms with Gasteiger partial charge in [0.1, 0.15) is 12.4 Å². The van der Waals surface area contributed by atoms with Crippen molar-refractivity contribution in [3.05, 3.63) is 65.2 Å². The number of guanidine groups is 1. The Morgan fingerprint density at radius 2 is 1.84 bits per heavy atom. The maximum atomic E-state index is 12.1. The predicted molar refractivity (Wildman–Crippen MR) is 125 cm³/mol. The van der Waals surface area contributed by atoms with Crippen molar-refractivity contribution in [1.82, 2.24) is 16.0 Å². The van der Waals surface area contributed by atoms with Gasteiger partial charge in [-0.1, -0.05) is 42.5 Å². The highest BCUT2D eigenvalue weighted by molar-refractivity contribution is 5.86. The average Bonchev–Trinajstić information content (AvgIpc) is 2.78. The quantitative estimate of drug-likeness (QED) is 0.276. The summed E-state index contributed by atoms with van der Waals surface area (Å²) in [5.41, 5.74) is 3.34. The molecule has 2 rings (SSSR count). The molecular weight excluding hydrogens is 392 g/mol. The van der Waals surface area contributed by atoms with E-state index in [1.54, 1.807) is 7.05 Å². The number of benzene rings is 2. The van der Waals surface area contributed by atoms with E-state index in [1.165, 1.54) is 5.56 Å². The van der Waals surface area contributed by atoms with Crippen LogP contribution in [-0.2, 0) is 22.5 Å². The predicted octanol–water partition coefficient (Wildman–Crippen LogP) is 2.43. The fourth-order valence-electron chi connectivity index (χ4n) is 2.91. The maximum absolute atomic E-state index is 12.1. The molecule has 0 radical (unpaired) electrons. The Kier molecular flexibility index (Phi) is 11.0. The number of hydrogen-bond acceptors (Lipinski definition) is 4. The van der Waals surface area contributed by atoms with Gasteiger partial charge in [0.05, 0.1) is 13.2 Å². The zero-order valence-electron chi connectivity index (χ0n) is 18.7. The standard InChI is InChI=1S/C24H34N4O3/c1-4-30-14-15-31-22-16-19(2)10-11-21(22)17-27-24(25-3)28-18-23(29)26-13-12-20-8-6-5-7-9-20/h5-11,16H,4,12-15,17-18H2,1-3H3,(H,26,29)(H2,25,27,28). The van der Waals surface area contributed by atoms with Gasteiger partial charge in [-0.05, 0) is 37.5 Å². The second-order valence-corrected chi connectivity index (χ2v) is 7.02. The molecule has 0 atom stereocenters. The van der Waals surface area contributed by atoms with E-state index in [0.717, 1.165) is 23.3 Å². The Morgan fingerprint density at radius 1 is 1.03 bits per heavy atom. The first-order valence-electron chi connectivity index (χ1n) is 10.7. The second kappa shape index (κ2) is 14.0. The van der Waals surface area contributed by atoms with Crippen LogP contribution in [0.4, 0.5) is 0 Å². The van der Waals surface area contributed by atoms with E-state index < -0.39 is 0 Å². The van der Waals surface area contributed by atoms with Gasteiger partial charge < -0.3 is 25.4 Å². The lowest BCUT2D eigenvalue weighted by atomic mass is 10.1. The molecule has 0 spiro atoms. The molecule has 0 saturated carbocycles. The third-order valence-corrected chi connectivity index (χ3v) is 4.58. The molecular formula is C24H34N4O3. The number of ether oxygens (including phenoxy) is 2. The van der Waals surface area contributed by atoms with Gasteiger partial charge in [0.25, 0.3) is 0 Å². The summed E-state index contributed by atoms with van der Waals surface area (Å²) >= 11 is 0. The molecule has 3 N–H and O–H groups in total. The normalized spacial score (nSPS) is 11.1. The van der Waals surface area contributed by atoms with Gasteiger partial charge in [-0.15, -0.1) is 0 Å². The third kappa shape index (κ3) is 9.53. The average molecular weight is 427 g/mol. The number of amides is 1. The fourth-order valence-corrected chi connectivity index (χ4v) is 2.91. The number of rotatable bonds is 12. The SMILES string of the molecule is CCOCCOc1cc(C)ccc1CNC(=NC)NCC(=O)NCCc1ccccc1. The Hall–Kier alpha value is -3.06. The van der Waals surface area contributed by atoms with Crippen molar-refractivity contribution in [2.75, 3.05) is 40.0 Å². The molecule has 0 aliphatic carbocycles. The lowest BCUT2D eigenvalue weighted by molar-refractivity contribution is -0.119. The summed E-state index contributed by atoms with van der Waals surface area (Å²) < 4.78 is 11.2. The van der Waals surface area contributed by atoms with Crippen molar-refractivity contribution in [1.29, 1.82) is 0 Å². The number of hydrogen-bond donors (Lipinski definition) is 3. The van der Waals surface area contributed by atoms with Gasteiger partial charge in [-0.2, -0.15) is 0 Å². The second-order valence-electron chi connectivity index (χ2n) is 7.02. The molecule has 2 aromatic carbocycles. The van der Waals surface area contributed by atoms with Crippen molar-refractivity contribution >= 4 is 11.9 Å². The van der Waals surface area contributed by atoms with Crippen LogP contribution >= 0.6 is 0 Å². The molecule has 0 saturated heterocycles. The van der Waals surface area contributed by atoms with Crippen LogP contribution in [0, 0.1) is 6.92 Å². The van der Waals surface area contributed by atoms with Gasteiger partial charge >= 0.3 is 0 Å². The van der Waals surface area contributed by atoms with E-state index in [0.29, 0.717) is 38.9 Å². The summed E-state index contributed by atoms with van der Waals surface area (Å²) in [6.07, 6.45) is 0.805. The summed E-state index contributed by atoms with van der Waals surface area (Å²) in [6.45, 7) is 7.00. The molecule has 0 fully saturated rings. The number of aryl methyl sites for hydroxylation is 1. The minimum atomic E-state index is -0.0748. The van der Waals surface area contributed by atoms with E-state index >= 15 is 0 Å². The molecule has 2 aromatic rings. The van der Waals surface area contributed by atoms with E-state index in [1.807, 2.05) is 50.2 Å². The summed E-state index contributed by atoms with van der Waals surface area (Å²) in [7, 11) is 1.68. The van der Waals surface area contributed by atoms with Crippen LogP contribution < -0.4 is 20.7 Å². The Balaban J connectivity index is 1.75. The Bertz CT molecular complexity index is 825. The summed E-state index contributed by atoms with van der Waals surface area (Å²) in [5.74, 6) is 1.30. The highest BCUT2D eigenvalue weighted by atomic mass is 16.5. The maximum Gasteiger partial charge on any atom is 0.239 e. The van der Waals surface area contributed by atoms with E-state index in [4.69, 9.17) is 9.47 Å².